The Balaban J connectivity index is 3.13. The summed E-state index contributed by atoms with van der Waals surface area (Å²) in [5.74, 6) is -2.67. The molecular formula is C14H18O9S. The lowest BCUT2D eigenvalue weighted by molar-refractivity contribution is -0.199. The van der Waals surface area contributed by atoms with Crippen LogP contribution in [0, 0.1) is 0 Å². The molecule has 1 aliphatic heterocycles. The summed E-state index contributed by atoms with van der Waals surface area (Å²) in [5.41, 5.74) is 0. The van der Waals surface area contributed by atoms with E-state index in [1.54, 1.807) is 0 Å². The van der Waals surface area contributed by atoms with Crippen molar-refractivity contribution < 1.29 is 42.9 Å². The largest absolute Gasteiger partial charge is 0.472 e. The molecule has 24 heavy (non-hydrogen) atoms. The molecule has 1 fully saturated rings. The molecule has 0 bridgehead atoms. The highest BCUT2D eigenvalue weighted by Gasteiger charge is 2.50. The zero-order chi connectivity index (χ0) is 18.4. The van der Waals surface area contributed by atoms with E-state index >= 15 is 0 Å². The number of hydrogen-bond donors (Lipinski definition) is 0. The van der Waals surface area contributed by atoms with Crippen molar-refractivity contribution in [3.8, 4) is 0 Å². The molecule has 134 valence electrons. The van der Waals surface area contributed by atoms with Gasteiger partial charge >= 0.3 is 23.9 Å². The van der Waals surface area contributed by atoms with Gasteiger partial charge in [-0.25, -0.2) is 0 Å². The smallest absolute Gasteiger partial charge is 0.303 e. The van der Waals surface area contributed by atoms with E-state index in [0.29, 0.717) is 0 Å². The van der Waals surface area contributed by atoms with E-state index in [-0.39, 0.29) is 11.7 Å². The highest BCUT2D eigenvalue weighted by molar-refractivity contribution is 7.80. The van der Waals surface area contributed by atoms with Gasteiger partial charge in [-0.3, -0.25) is 19.2 Å². The third kappa shape index (κ3) is 5.76. The highest BCUT2D eigenvalue weighted by Crippen LogP contribution is 2.26. The van der Waals surface area contributed by atoms with E-state index < -0.39 is 48.3 Å². The topological polar surface area (TPSA) is 114 Å². The molecule has 4 atom stereocenters. The van der Waals surface area contributed by atoms with E-state index in [0.717, 1.165) is 20.8 Å². The van der Waals surface area contributed by atoms with E-state index in [2.05, 4.69) is 0 Å². The van der Waals surface area contributed by atoms with Crippen molar-refractivity contribution in [3.05, 3.63) is 0 Å². The van der Waals surface area contributed by atoms with Crippen LogP contribution in [0.3, 0.4) is 0 Å². The average Bonchev–Trinajstić information content (AvgIpc) is 2.42. The standard InChI is InChI=1S/C14H18O9S/c1-6(15)19-5-10-11(20-7(2)16)12(21-8(3)17)13(14(24)23-10)22-9(4)18/h10-13H,5H2,1-4H3/t10-,11-,12+,13-/m1/s1. The Bertz CT molecular complexity index is 544. The van der Waals surface area contributed by atoms with Gasteiger partial charge in [0.15, 0.2) is 18.3 Å². The predicted octanol–water partition coefficient (Wildman–Crippen LogP) is 0.0708. The Morgan fingerprint density at radius 1 is 0.875 bits per heavy atom. The van der Waals surface area contributed by atoms with Crippen LogP contribution in [0.5, 0.6) is 0 Å². The molecular weight excluding hydrogens is 344 g/mol. The summed E-state index contributed by atoms with van der Waals surface area (Å²) in [6.07, 6.45) is -4.65. The van der Waals surface area contributed by atoms with Gasteiger partial charge in [0.1, 0.15) is 6.61 Å². The van der Waals surface area contributed by atoms with Gasteiger partial charge in [-0.15, -0.1) is 0 Å². The van der Waals surface area contributed by atoms with Crippen LogP contribution in [0.1, 0.15) is 27.7 Å². The fraction of sp³-hybridized carbons (Fsp3) is 0.643. The van der Waals surface area contributed by atoms with E-state index in [1.807, 2.05) is 0 Å². The summed E-state index contributed by atoms with van der Waals surface area (Å²) < 4.78 is 25.5. The van der Waals surface area contributed by atoms with Crippen molar-refractivity contribution in [2.75, 3.05) is 6.61 Å². The molecule has 0 amide bonds. The highest BCUT2D eigenvalue weighted by atomic mass is 32.1. The zero-order valence-electron chi connectivity index (χ0n) is 13.6. The minimum absolute atomic E-state index is 0.183. The quantitative estimate of drug-likeness (QED) is 0.378. The number of carbonyl (C=O) groups excluding carboxylic acids is 4. The number of carbonyl (C=O) groups is 4. The number of thiocarbonyl (C=S) groups is 1. The summed E-state index contributed by atoms with van der Waals surface area (Å²) in [7, 11) is 0. The van der Waals surface area contributed by atoms with Crippen LogP contribution < -0.4 is 0 Å². The molecule has 0 aliphatic carbocycles. The van der Waals surface area contributed by atoms with Gasteiger partial charge < -0.3 is 23.7 Å². The number of hydrogen-bond acceptors (Lipinski definition) is 10. The number of ether oxygens (including phenoxy) is 5. The molecule has 1 rings (SSSR count). The van der Waals surface area contributed by atoms with Gasteiger partial charge in [-0.2, -0.15) is 0 Å². The Kier molecular flexibility index (Phi) is 7.08. The molecule has 0 aromatic heterocycles. The van der Waals surface area contributed by atoms with Gasteiger partial charge in [0.05, 0.1) is 0 Å². The van der Waals surface area contributed by atoms with Crippen molar-refractivity contribution in [1.82, 2.24) is 0 Å². The predicted molar refractivity (Wildman–Crippen MR) is 80.8 cm³/mol. The van der Waals surface area contributed by atoms with Crippen molar-refractivity contribution in [2.24, 2.45) is 0 Å². The molecule has 10 heteroatoms. The number of rotatable bonds is 5. The monoisotopic (exact) mass is 362 g/mol. The van der Waals surface area contributed by atoms with E-state index in [9.17, 15) is 19.2 Å². The lowest BCUT2D eigenvalue weighted by Crippen LogP contribution is -2.60. The Morgan fingerprint density at radius 2 is 1.38 bits per heavy atom. The second-order valence-electron chi connectivity index (χ2n) is 4.96. The second-order valence-corrected chi connectivity index (χ2v) is 5.36. The Labute approximate surface area is 143 Å². The molecule has 0 radical (unpaired) electrons. The van der Waals surface area contributed by atoms with E-state index in [1.165, 1.54) is 6.92 Å². The normalized spacial score (nSPS) is 25.9. The van der Waals surface area contributed by atoms with Crippen LogP contribution in [0.2, 0.25) is 0 Å². The summed E-state index contributed by atoms with van der Waals surface area (Å²) >= 11 is 5.03. The molecule has 0 spiro atoms. The first kappa shape index (κ1) is 19.8. The summed E-state index contributed by atoms with van der Waals surface area (Å²) in [5, 5.41) is -0.183. The molecule has 0 N–H and O–H groups in total. The lowest BCUT2D eigenvalue weighted by Gasteiger charge is -2.40. The minimum atomic E-state index is -1.24. The molecule has 0 aromatic carbocycles. The van der Waals surface area contributed by atoms with Crippen molar-refractivity contribution in [1.29, 1.82) is 0 Å². The van der Waals surface area contributed by atoms with Crippen LogP contribution >= 0.6 is 12.2 Å². The van der Waals surface area contributed by atoms with Gasteiger partial charge in [0, 0.05) is 27.7 Å². The molecule has 1 heterocycles. The third-order valence-corrected chi connectivity index (χ3v) is 3.16. The third-order valence-electron chi connectivity index (χ3n) is 2.84. The molecule has 0 unspecified atom stereocenters. The fourth-order valence-electron chi connectivity index (χ4n) is 2.08. The molecule has 9 nitrogen and oxygen atoms in total. The van der Waals surface area contributed by atoms with E-state index in [4.69, 9.17) is 35.9 Å². The molecule has 1 aliphatic rings. The van der Waals surface area contributed by atoms with Crippen LogP contribution in [-0.4, -0.2) is 60.0 Å². The molecule has 0 aromatic rings. The summed E-state index contributed by atoms with van der Waals surface area (Å²) in [6.45, 7) is 4.31. The Hall–Kier alpha value is -2.23. The van der Waals surface area contributed by atoms with Crippen molar-refractivity contribution in [2.45, 2.75) is 52.1 Å². The van der Waals surface area contributed by atoms with Gasteiger partial charge in [-0.1, -0.05) is 0 Å². The maximum atomic E-state index is 11.4. The first-order valence-electron chi connectivity index (χ1n) is 6.97. The zero-order valence-corrected chi connectivity index (χ0v) is 14.4. The Morgan fingerprint density at radius 3 is 1.83 bits per heavy atom. The summed E-state index contributed by atoms with van der Waals surface area (Å²) in [6, 6.07) is 0. The maximum Gasteiger partial charge on any atom is 0.303 e. The van der Waals surface area contributed by atoms with Crippen molar-refractivity contribution in [3.63, 3.8) is 0 Å². The fourth-order valence-corrected chi connectivity index (χ4v) is 2.38. The van der Waals surface area contributed by atoms with Crippen LogP contribution in [0.15, 0.2) is 0 Å². The van der Waals surface area contributed by atoms with Gasteiger partial charge in [0.25, 0.3) is 0 Å². The molecule has 1 saturated heterocycles. The van der Waals surface area contributed by atoms with Gasteiger partial charge in [0.2, 0.25) is 11.2 Å². The first-order chi connectivity index (χ1) is 11.1. The minimum Gasteiger partial charge on any atom is -0.472 e. The van der Waals surface area contributed by atoms with Crippen LogP contribution in [0.25, 0.3) is 0 Å². The second kappa shape index (κ2) is 8.57. The summed E-state index contributed by atoms with van der Waals surface area (Å²) in [4.78, 5) is 45.0. The maximum absolute atomic E-state index is 11.4. The van der Waals surface area contributed by atoms with Crippen LogP contribution in [0.4, 0.5) is 0 Å². The van der Waals surface area contributed by atoms with Gasteiger partial charge in [-0.05, 0) is 12.2 Å². The first-order valence-corrected chi connectivity index (χ1v) is 7.38. The average molecular weight is 362 g/mol. The molecule has 0 saturated carbocycles. The van der Waals surface area contributed by atoms with Crippen molar-refractivity contribution >= 4 is 41.1 Å². The van der Waals surface area contributed by atoms with Crippen LogP contribution in [-0.2, 0) is 42.9 Å². The lowest BCUT2D eigenvalue weighted by atomic mass is 9.99. The number of esters is 4. The SMILES string of the molecule is CC(=O)OC[C@H]1OC(=S)[C@H](OC(C)=O)[C@@H](OC(C)=O)[C@@H]1OC(C)=O.